The van der Waals surface area contributed by atoms with Crippen molar-refractivity contribution in [3.8, 4) is 17.2 Å². The molecule has 0 bridgehead atoms. The van der Waals surface area contributed by atoms with Crippen LogP contribution in [-0.4, -0.2) is 61.7 Å². The Labute approximate surface area is 169 Å². The van der Waals surface area contributed by atoms with Crippen molar-refractivity contribution in [2.24, 2.45) is 0 Å². The Bertz CT molecular complexity index is 834. The van der Waals surface area contributed by atoms with Crippen LogP contribution in [0.3, 0.4) is 0 Å². The zero-order chi connectivity index (χ0) is 22.0. The van der Waals surface area contributed by atoms with Gasteiger partial charge in [0.2, 0.25) is 11.5 Å². The van der Waals surface area contributed by atoms with Crippen molar-refractivity contribution in [2.75, 3.05) is 35.0 Å². The van der Waals surface area contributed by atoms with Crippen LogP contribution in [0.15, 0.2) is 30.9 Å². The minimum atomic E-state index is -1.03. The van der Waals surface area contributed by atoms with Crippen molar-refractivity contribution in [1.82, 2.24) is 9.78 Å². The van der Waals surface area contributed by atoms with Gasteiger partial charge in [0.05, 0.1) is 27.9 Å². The van der Waals surface area contributed by atoms with Crippen molar-refractivity contribution >= 4 is 11.8 Å². The molecule has 0 unspecified atom stereocenters. The third-order valence-electron chi connectivity index (χ3n) is 3.71. The summed E-state index contributed by atoms with van der Waals surface area (Å²) in [5.74, 6) is -0.331. The van der Waals surface area contributed by atoms with E-state index in [1.54, 1.807) is 20.1 Å². The lowest BCUT2D eigenvalue weighted by molar-refractivity contribution is -0.137. The molecule has 2 aromatic rings. The van der Waals surface area contributed by atoms with Crippen LogP contribution in [0.25, 0.3) is 0 Å². The summed E-state index contributed by atoms with van der Waals surface area (Å²) < 4.78 is 21.5. The first-order chi connectivity index (χ1) is 13.8. The highest BCUT2D eigenvalue weighted by Crippen LogP contribution is 2.38. The smallest absolute Gasteiger partial charge is 0.325 e. The van der Waals surface area contributed by atoms with Crippen LogP contribution in [0.2, 0.25) is 0 Å². The number of aryl methyl sites for hydroxylation is 1. The highest BCUT2D eigenvalue weighted by molar-refractivity contribution is 6.08. The Hall–Kier alpha value is -3.33. The summed E-state index contributed by atoms with van der Waals surface area (Å²) in [6.07, 6.45) is 1.71. The van der Waals surface area contributed by atoms with E-state index in [0.717, 1.165) is 0 Å². The molecule has 0 aliphatic carbocycles. The number of rotatable bonds is 9. The summed E-state index contributed by atoms with van der Waals surface area (Å²) in [4.78, 5) is 23.5. The first kappa shape index (κ1) is 23.7. The van der Waals surface area contributed by atoms with E-state index >= 15 is 0 Å². The molecular weight excluding hydrogens is 380 g/mol. The lowest BCUT2D eigenvalue weighted by atomic mass is 10.1. The van der Waals surface area contributed by atoms with Crippen LogP contribution in [0.5, 0.6) is 17.2 Å². The van der Waals surface area contributed by atoms with Gasteiger partial charge in [-0.2, -0.15) is 5.10 Å². The van der Waals surface area contributed by atoms with Gasteiger partial charge in [0, 0.05) is 18.4 Å². The highest BCUT2D eigenvalue weighted by Gasteiger charge is 2.20. The summed E-state index contributed by atoms with van der Waals surface area (Å²) in [7, 11) is 6.02. The zero-order valence-electron chi connectivity index (χ0n) is 17.2. The lowest BCUT2D eigenvalue weighted by Gasteiger charge is -2.13. The van der Waals surface area contributed by atoms with E-state index in [9.17, 15) is 9.59 Å². The van der Waals surface area contributed by atoms with Gasteiger partial charge in [-0.3, -0.25) is 14.3 Å². The van der Waals surface area contributed by atoms with E-state index in [0.29, 0.717) is 35.1 Å². The minimum absolute atomic E-state index is 0.142. The quantitative estimate of drug-likeness (QED) is 0.499. The Morgan fingerprint density at radius 1 is 1.10 bits per heavy atom. The molecule has 0 aliphatic rings. The molecule has 1 heterocycles. The average molecular weight is 406 g/mol. The number of aliphatic carboxylic acids is 1. The van der Waals surface area contributed by atoms with Crippen LogP contribution >= 0.6 is 0 Å². The van der Waals surface area contributed by atoms with Crippen molar-refractivity contribution in [1.29, 1.82) is 0 Å². The number of ether oxygens (including phenoxy) is 4. The maximum absolute atomic E-state index is 12.7. The molecule has 0 fully saturated rings. The second kappa shape index (κ2) is 11.5. The second-order valence-electron chi connectivity index (χ2n) is 5.71. The molecule has 0 saturated carbocycles. The third-order valence-corrected chi connectivity index (χ3v) is 3.71. The number of hydrogen-bond donors (Lipinski definition) is 1. The Morgan fingerprint density at radius 2 is 1.69 bits per heavy atom. The van der Waals surface area contributed by atoms with Gasteiger partial charge in [0.25, 0.3) is 0 Å². The van der Waals surface area contributed by atoms with Crippen molar-refractivity contribution in [3.63, 3.8) is 0 Å². The zero-order valence-corrected chi connectivity index (χ0v) is 17.2. The van der Waals surface area contributed by atoms with Crippen LogP contribution in [0.1, 0.15) is 21.7 Å². The van der Waals surface area contributed by atoms with Crippen LogP contribution in [-0.2, 0) is 16.1 Å². The monoisotopic (exact) mass is 406 g/mol. The maximum atomic E-state index is 12.7. The van der Waals surface area contributed by atoms with Gasteiger partial charge in [-0.05, 0) is 25.1 Å². The molecule has 2 rings (SSSR count). The van der Waals surface area contributed by atoms with Crippen molar-refractivity contribution in [2.45, 2.75) is 13.5 Å². The fraction of sp³-hybridized carbons (Fsp3) is 0.350. The van der Waals surface area contributed by atoms with Crippen molar-refractivity contribution < 1.29 is 33.6 Å². The summed E-state index contributed by atoms with van der Waals surface area (Å²) >= 11 is 0. The number of hydrogen-bond acceptors (Lipinski definition) is 7. The fourth-order valence-corrected chi connectivity index (χ4v) is 2.39. The number of nitrogens with zero attached hydrogens (tertiary/aromatic N) is 2. The number of ketones is 1. The van der Waals surface area contributed by atoms with Gasteiger partial charge in [-0.1, -0.05) is 6.08 Å². The SMILES string of the molecule is C=CCOC.COc1cc(C(=O)c2cc(C)n(CC(=O)O)n2)cc(OC)c1OC. The van der Waals surface area contributed by atoms with E-state index < -0.39 is 5.97 Å². The molecule has 0 atom stereocenters. The van der Waals surface area contributed by atoms with Crippen LogP contribution in [0.4, 0.5) is 0 Å². The first-order valence-corrected chi connectivity index (χ1v) is 8.53. The number of methoxy groups -OCH3 is 4. The normalized spacial score (nSPS) is 9.83. The maximum Gasteiger partial charge on any atom is 0.325 e. The summed E-state index contributed by atoms with van der Waals surface area (Å²) in [5.41, 5.74) is 1.01. The first-order valence-electron chi connectivity index (χ1n) is 8.53. The molecule has 29 heavy (non-hydrogen) atoms. The average Bonchev–Trinajstić information content (AvgIpc) is 3.06. The van der Waals surface area contributed by atoms with Gasteiger partial charge in [0.15, 0.2) is 11.5 Å². The Balaban J connectivity index is 0.000000749. The topological polar surface area (TPSA) is 109 Å². The van der Waals surface area contributed by atoms with E-state index in [-0.39, 0.29) is 18.0 Å². The van der Waals surface area contributed by atoms with E-state index in [2.05, 4.69) is 16.4 Å². The Morgan fingerprint density at radius 3 is 2.07 bits per heavy atom. The van der Waals surface area contributed by atoms with Crippen molar-refractivity contribution in [3.05, 3.63) is 47.8 Å². The van der Waals surface area contributed by atoms with Gasteiger partial charge >= 0.3 is 5.97 Å². The molecular formula is C20H26N2O7. The molecule has 0 radical (unpaired) electrons. The predicted molar refractivity (Wildman–Crippen MR) is 106 cm³/mol. The molecule has 0 saturated heterocycles. The number of carboxylic acids is 1. The van der Waals surface area contributed by atoms with Crippen LogP contribution in [0, 0.1) is 6.92 Å². The number of aromatic nitrogens is 2. The third kappa shape index (κ3) is 6.35. The molecule has 0 amide bonds. The summed E-state index contributed by atoms with van der Waals surface area (Å²) in [6.45, 7) is 5.45. The number of carboxylic acid groups (broad SMARTS) is 1. The molecule has 9 heteroatoms. The molecule has 0 aliphatic heterocycles. The molecule has 9 nitrogen and oxygen atoms in total. The Kier molecular flexibility index (Phi) is 9.40. The fourth-order valence-electron chi connectivity index (χ4n) is 2.39. The summed E-state index contributed by atoms with van der Waals surface area (Å²) in [6, 6.07) is 4.58. The molecule has 158 valence electrons. The predicted octanol–water partition coefficient (Wildman–Crippen LogP) is 2.35. The number of carbonyl (C=O) groups is 2. The van der Waals surface area contributed by atoms with E-state index in [1.165, 1.54) is 44.2 Å². The summed E-state index contributed by atoms with van der Waals surface area (Å²) in [5, 5.41) is 12.9. The lowest BCUT2D eigenvalue weighted by Crippen LogP contribution is -2.12. The molecule has 1 N–H and O–H groups in total. The number of carbonyl (C=O) groups excluding carboxylic acids is 1. The van der Waals surface area contributed by atoms with Gasteiger partial charge in [0.1, 0.15) is 12.2 Å². The van der Waals surface area contributed by atoms with Gasteiger partial charge < -0.3 is 24.1 Å². The van der Waals surface area contributed by atoms with Gasteiger partial charge in [-0.15, -0.1) is 6.58 Å². The molecule has 1 aromatic carbocycles. The van der Waals surface area contributed by atoms with Gasteiger partial charge in [-0.25, -0.2) is 0 Å². The minimum Gasteiger partial charge on any atom is -0.493 e. The highest BCUT2D eigenvalue weighted by atomic mass is 16.5. The molecule has 1 aromatic heterocycles. The second-order valence-corrected chi connectivity index (χ2v) is 5.71. The van der Waals surface area contributed by atoms with E-state index in [4.69, 9.17) is 19.3 Å². The largest absolute Gasteiger partial charge is 0.493 e. The number of benzene rings is 1. The standard InChI is InChI=1S/C16H18N2O6.C4H8O/c1-9-5-11(17-18(9)8-14(19)20)15(21)10-6-12(22-2)16(24-4)13(7-10)23-3;1-3-4-5-2/h5-7H,8H2,1-4H3,(H,19,20);3H,1,4H2,2H3. The van der Waals surface area contributed by atoms with Crippen LogP contribution < -0.4 is 14.2 Å². The molecule has 0 spiro atoms. The van der Waals surface area contributed by atoms with E-state index in [1.807, 2.05) is 0 Å².